The molecule has 0 fully saturated rings. The van der Waals surface area contributed by atoms with Gasteiger partial charge in [-0.1, -0.05) is 0 Å². The Bertz CT molecular complexity index is 94.9. The van der Waals surface area contributed by atoms with Gasteiger partial charge in [0.1, 0.15) is 0 Å². The molecule has 0 bridgehead atoms. The molecule has 0 N–H and O–H groups in total. The van der Waals surface area contributed by atoms with E-state index < -0.39 is 10.4 Å². The first-order chi connectivity index (χ1) is 2.00. The third kappa shape index (κ3) is 120. The van der Waals surface area contributed by atoms with Gasteiger partial charge in [-0.25, -0.2) is 0 Å². The maximum Gasteiger partial charge on any atom is 2.00 e. The van der Waals surface area contributed by atoms with Crippen molar-refractivity contribution in [2.75, 3.05) is 0 Å². The molecule has 0 aromatic rings. The van der Waals surface area contributed by atoms with E-state index >= 15 is 0 Å². The second kappa shape index (κ2) is 5.45. The van der Waals surface area contributed by atoms with Crippen molar-refractivity contribution in [3.05, 3.63) is 0 Å². The molecule has 0 rings (SSSR count). The summed E-state index contributed by atoms with van der Waals surface area (Å²) in [4.78, 5) is 0. The fourth-order valence-electron chi connectivity index (χ4n) is 0. The Morgan fingerprint density at radius 1 is 1.14 bits per heavy atom. The zero-order valence-electron chi connectivity index (χ0n) is 2.89. The first kappa shape index (κ1) is 15.7. The monoisotopic (exact) mass is 360 g/mol. The fraction of sp³-hybridized carbons (Fsp3) is 0. The van der Waals surface area contributed by atoms with Gasteiger partial charge in [0.25, 0.3) is 0 Å². The summed E-state index contributed by atoms with van der Waals surface area (Å²) in [6.45, 7) is 0. The van der Waals surface area contributed by atoms with Crippen LogP contribution < -0.4 is 0 Å². The van der Waals surface area contributed by atoms with E-state index in [-0.39, 0.29) is 44.4 Å². The Morgan fingerprint density at radius 3 is 1.14 bits per heavy atom. The van der Waals surface area contributed by atoms with Gasteiger partial charge in [-0.3, -0.25) is 8.42 Å². The first-order valence-corrected chi connectivity index (χ1v) is 2.00. The summed E-state index contributed by atoms with van der Waals surface area (Å²) in [6.07, 6.45) is 0. The minimum absolute atomic E-state index is 0. The van der Waals surface area contributed by atoms with Crippen LogP contribution in [0.3, 0.4) is 0 Å². The summed E-state index contributed by atoms with van der Waals surface area (Å²) in [5, 5.41) is 0. The second-order valence-corrected chi connectivity index (χ2v) is 1.22. The van der Waals surface area contributed by atoms with Gasteiger partial charge < -0.3 is 9.11 Å². The van der Waals surface area contributed by atoms with Gasteiger partial charge in [-0.2, -0.15) is 0 Å². The van der Waals surface area contributed by atoms with Crippen LogP contribution in [0.25, 0.3) is 0 Å². The Kier molecular flexibility index (Phi) is 12.3. The molecule has 0 aliphatic rings. The first-order valence-electron chi connectivity index (χ1n) is 0.667. The predicted octanol–water partition coefficient (Wildman–Crippen LogP) is -1.72. The molecule has 0 saturated carbocycles. The normalized spacial score (nSPS) is 8.29. The Labute approximate surface area is 71.9 Å². The maximum atomic E-state index is 8.52. The van der Waals surface area contributed by atoms with Gasteiger partial charge in [0.2, 0.25) is 0 Å². The van der Waals surface area contributed by atoms with Gasteiger partial charge in [-0.05, 0) is 0 Å². The van der Waals surface area contributed by atoms with Crippen molar-refractivity contribution in [2.24, 2.45) is 0 Å². The fourth-order valence-corrected chi connectivity index (χ4v) is 0. The summed E-state index contributed by atoms with van der Waals surface area (Å²) in [5.41, 5.74) is 0. The molecule has 4 radical (unpaired) electrons. The summed E-state index contributed by atoms with van der Waals surface area (Å²) in [5.74, 6) is 0. The molecule has 7 heteroatoms. The molecular formula is FeO4PbS. The van der Waals surface area contributed by atoms with Crippen LogP contribution in [-0.4, -0.2) is 44.8 Å². The van der Waals surface area contributed by atoms with E-state index in [4.69, 9.17) is 17.5 Å². The number of rotatable bonds is 0. The topological polar surface area (TPSA) is 80.3 Å². The van der Waals surface area contributed by atoms with E-state index in [0.717, 1.165) is 0 Å². The van der Waals surface area contributed by atoms with Crippen molar-refractivity contribution in [3.63, 3.8) is 0 Å². The molecule has 7 heavy (non-hydrogen) atoms. The summed E-state index contributed by atoms with van der Waals surface area (Å²) < 4.78 is 34.1. The van der Waals surface area contributed by atoms with E-state index in [1.165, 1.54) is 0 Å². The Hall–Kier alpha value is 1.31. The van der Waals surface area contributed by atoms with E-state index in [1.807, 2.05) is 0 Å². The zero-order chi connectivity index (χ0) is 4.50. The Morgan fingerprint density at radius 2 is 1.14 bits per heavy atom. The number of hydrogen-bond acceptors (Lipinski definition) is 4. The molecule has 4 nitrogen and oxygen atoms in total. The second-order valence-electron chi connectivity index (χ2n) is 0.408. The average Bonchev–Trinajstić information content (AvgIpc) is 0.722. The van der Waals surface area contributed by atoms with Crippen LogP contribution in [0.5, 0.6) is 0 Å². The zero-order valence-corrected chi connectivity index (χ0v) is 8.70. The van der Waals surface area contributed by atoms with Crippen molar-refractivity contribution in [2.45, 2.75) is 0 Å². The van der Waals surface area contributed by atoms with Crippen molar-refractivity contribution >= 4 is 37.7 Å². The van der Waals surface area contributed by atoms with Crippen LogP contribution in [0.1, 0.15) is 0 Å². The van der Waals surface area contributed by atoms with E-state index in [2.05, 4.69) is 0 Å². The molecular weight excluding hydrogens is 359 g/mol. The van der Waals surface area contributed by atoms with Crippen molar-refractivity contribution in [1.29, 1.82) is 0 Å². The maximum absolute atomic E-state index is 8.52. The van der Waals surface area contributed by atoms with Crippen LogP contribution in [0, 0.1) is 0 Å². The van der Waals surface area contributed by atoms with Crippen LogP contribution in [-0.2, 0) is 27.5 Å². The molecule has 0 spiro atoms. The van der Waals surface area contributed by atoms with Gasteiger partial charge in [-0.15, -0.1) is 0 Å². The molecule has 0 aromatic carbocycles. The summed E-state index contributed by atoms with van der Waals surface area (Å²) >= 11 is 0. The third-order valence-electron chi connectivity index (χ3n) is 0. The smallest absolute Gasteiger partial charge is 0.759 e. The van der Waals surface area contributed by atoms with Crippen molar-refractivity contribution in [1.82, 2.24) is 0 Å². The van der Waals surface area contributed by atoms with Crippen molar-refractivity contribution < 1.29 is 34.6 Å². The minimum atomic E-state index is -5.17. The third-order valence-corrected chi connectivity index (χ3v) is 0. The quantitative estimate of drug-likeness (QED) is 0.293. The van der Waals surface area contributed by atoms with E-state index in [1.54, 1.807) is 0 Å². The van der Waals surface area contributed by atoms with Crippen molar-refractivity contribution in [3.8, 4) is 0 Å². The van der Waals surface area contributed by atoms with E-state index in [9.17, 15) is 0 Å². The number of hydrogen-bond donors (Lipinski definition) is 0. The van der Waals surface area contributed by atoms with Crippen LogP contribution >= 0.6 is 0 Å². The van der Waals surface area contributed by atoms with Crippen LogP contribution in [0.15, 0.2) is 0 Å². The van der Waals surface area contributed by atoms with Crippen LogP contribution in [0.4, 0.5) is 0 Å². The molecule has 0 unspecified atom stereocenters. The summed E-state index contributed by atoms with van der Waals surface area (Å²) in [6, 6.07) is 0. The molecule has 0 heterocycles. The standard InChI is InChI=1S/Fe.H2O4S.Pb/c;1-5(2,3)4;/h;(H2,1,2,3,4);/q+2;;/p-2. The van der Waals surface area contributed by atoms with E-state index in [0.29, 0.717) is 0 Å². The van der Waals surface area contributed by atoms with Crippen LogP contribution in [0.2, 0.25) is 0 Å². The molecule has 0 amide bonds. The average molecular weight is 359 g/mol. The SMILES string of the molecule is O=S(=O)([O-])[O-].[Fe+2].[Pb]. The molecule has 0 aromatic heterocycles. The molecule has 0 saturated heterocycles. The largest absolute Gasteiger partial charge is 2.00 e. The predicted molar refractivity (Wildman–Crippen MR) is 16.2 cm³/mol. The summed E-state index contributed by atoms with van der Waals surface area (Å²) in [7, 11) is -5.17. The minimum Gasteiger partial charge on any atom is -0.759 e. The van der Waals surface area contributed by atoms with Gasteiger partial charge in [0, 0.05) is 37.7 Å². The van der Waals surface area contributed by atoms with Gasteiger partial charge in [0.15, 0.2) is 0 Å². The molecule has 0 aliphatic carbocycles. The molecule has 42 valence electrons. The molecule has 0 aliphatic heterocycles. The van der Waals surface area contributed by atoms with Gasteiger partial charge in [0.05, 0.1) is 0 Å². The molecule has 0 atom stereocenters. The van der Waals surface area contributed by atoms with Gasteiger partial charge >= 0.3 is 17.1 Å². The Balaban J connectivity index is -0.0000000800.